The predicted octanol–water partition coefficient (Wildman–Crippen LogP) is 17.1. The molecule has 0 heterocycles. The molecule has 1 radical (unpaired) electrons. The Balaban J connectivity index is 0.941. The standard InChI is InChI=1S/C68H47/c1-67(51-22-6-3-7-23-51)37-16-21-47(46-20-14-19-45(39-46)44-17-4-2-5-18-44)40-50(36-38-67)52-27-15-28-58-60-43-59(60)53-34-32-48(41-61(53)66(52)58)49-33-35-57-56-26-10-13-31-64(56)68(65(57)42-49)62-29-11-8-24-54(62)55-25-9-12-30-63(55)68/h2-15,17-36,38-43H,16,37H2,1H3/b38-36+,47-21-,50-40+. The molecule has 0 nitrogen and oxygen atoms in total. The van der Waals surface area contributed by atoms with Gasteiger partial charge in [-0.05, 0) is 160 Å². The van der Waals surface area contributed by atoms with Crippen LogP contribution in [0.1, 0.15) is 69.8 Å². The third kappa shape index (κ3) is 5.80. The molecule has 0 fully saturated rings. The van der Waals surface area contributed by atoms with E-state index in [9.17, 15) is 0 Å². The molecule has 9 aromatic carbocycles. The van der Waals surface area contributed by atoms with Gasteiger partial charge in [-0.2, -0.15) is 0 Å². The van der Waals surface area contributed by atoms with Gasteiger partial charge in [0.1, 0.15) is 0 Å². The number of hydrogen-bond acceptors (Lipinski definition) is 0. The summed E-state index contributed by atoms with van der Waals surface area (Å²) >= 11 is 0. The zero-order chi connectivity index (χ0) is 45.0. The zero-order valence-corrected chi connectivity index (χ0v) is 38.0. The minimum atomic E-state index is -0.387. The molecule has 9 aromatic rings. The first-order chi connectivity index (χ1) is 33.6. The second-order valence-electron chi connectivity index (χ2n) is 19.5. The highest BCUT2D eigenvalue weighted by molar-refractivity contribution is 6.11. The maximum atomic E-state index is 2.52. The summed E-state index contributed by atoms with van der Waals surface area (Å²) in [5, 5.41) is 0. The first-order valence-electron chi connectivity index (χ1n) is 24.2. The van der Waals surface area contributed by atoms with Gasteiger partial charge in [-0.25, -0.2) is 0 Å². The van der Waals surface area contributed by atoms with Gasteiger partial charge < -0.3 is 0 Å². The van der Waals surface area contributed by atoms with Crippen LogP contribution in [0.25, 0.3) is 72.4 Å². The van der Waals surface area contributed by atoms with E-state index >= 15 is 0 Å². The van der Waals surface area contributed by atoms with Gasteiger partial charge in [-0.3, -0.25) is 0 Å². The summed E-state index contributed by atoms with van der Waals surface area (Å²) in [7, 11) is 0. The highest BCUT2D eigenvalue weighted by Crippen LogP contribution is 2.63. The normalized spacial score (nSPS) is 19.7. The topological polar surface area (TPSA) is 0 Å². The molecule has 0 bridgehead atoms. The van der Waals surface area contributed by atoms with Crippen molar-refractivity contribution in [3.8, 4) is 55.6 Å². The second-order valence-corrected chi connectivity index (χ2v) is 19.5. The van der Waals surface area contributed by atoms with Crippen molar-refractivity contribution in [3.63, 3.8) is 0 Å². The first-order valence-corrected chi connectivity index (χ1v) is 24.2. The minimum absolute atomic E-state index is 0.150. The van der Waals surface area contributed by atoms with Crippen molar-refractivity contribution in [2.24, 2.45) is 0 Å². The van der Waals surface area contributed by atoms with Crippen molar-refractivity contribution < 1.29 is 0 Å². The van der Waals surface area contributed by atoms with Gasteiger partial charge in [0, 0.05) is 5.41 Å². The summed E-state index contributed by atoms with van der Waals surface area (Å²) < 4.78 is 0. The van der Waals surface area contributed by atoms with Gasteiger partial charge in [0.15, 0.2) is 0 Å². The van der Waals surface area contributed by atoms with Crippen LogP contribution < -0.4 is 0 Å². The Morgan fingerprint density at radius 1 is 0.368 bits per heavy atom. The van der Waals surface area contributed by atoms with E-state index in [2.05, 4.69) is 250 Å². The molecule has 0 saturated heterocycles. The molecule has 0 amide bonds. The van der Waals surface area contributed by atoms with Gasteiger partial charge >= 0.3 is 0 Å². The Bertz CT molecular complexity index is 3620. The SMILES string of the molecule is CC1(c2ccccc2)/C=C/C(c2cccc3c2-c2cc(-c4ccc5c(c4)C4(c6ccccc6-c6ccccc64)c4ccccc4-5)ccc2[C]2C=C23)=C\C(c2cccc(-c3ccccc3)c2)=C\CC1. The maximum Gasteiger partial charge on any atom is 0.0725 e. The molecular formula is C68H47. The Labute approximate surface area is 399 Å². The number of hydrogen-bond donors (Lipinski definition) is 0. The van der Waals surface area contributed by atoms with Crippen LogP contribution in [-0.2, 0) is 10.8 Å². The van der Waals surface area contributed by atoms with Crippen molar-refractivity contribution in [3.05, 3.63) is 299 Å². The van der Waals surface area contributed by atoms with Crippen molar-refractivity contribution in [1.29, 1.82) is 0 Å². The van der Waals surface area contributed by atoms with Crippen LogP contribution in [0.5, 0.6) is 0 Å². The molecule has 319 valence electrons. The van der Waals surface area contributed by atoms with E-state index in [0.29, 0.717) is 0 Å². The second kappa shape index (κ2) is 15.0. The smallest absolute Gasteiger partial charge is 0.0725 e. The highest BCUT2D eigenvalue weighted by atomic mass is 14.5. The lowest BCUT2D eigenvalue weighted by molar-refractivity contribution is 0.546. The van der Waals surface area contributed by atoms with Crippen molar-refractivity contribution in [1.82, 2.24) is 0 Å². The molecule has 5 aliphatic carbocycles. The molecule has 5 aliphatic rings. The summed E-state index contributed by atoms with van der Waals surface area (Å²) in [5.74, 6) is 1.37. The van der Waals surface area contributed by atoms with Gasteiger partial charge in [0.05, 0.1) is 11.3 Å². The third-order valence-corrected chi connectivity index (χ3v) is 15.8. The average molecular weight is 864 g/mol. The average Bonchev–Trinajstić information content (AvgIpc) is 4.08. The monoisotopic (exact) mass is 863 g/mol. The van der Waals surface area contributed by atoms with E-state index in [-0.39, 0.29) is 10.8 Å². The molecule has 1 spiro atoms. The number of rotatable bonds is 5. The van der Waals surface area contributed by atoms with Gasteiger partial charge in [-0.1, -0.05) is 225 Å². The lowest BCUT2D eigenvalue weighted by Gasteiger charge is -2.30. The van der Waals surface area contributed by atoms with Crippen molar-refractivity contribution >= 4 is 16.7 Å². The summed E-state index contributed by atoms with van der Waals surface area (Å²) in [4.78, 5) is 0. The number of allylic oxidation sites excluding steroid dienone is 8. The quantitative estimate of drug-likeness (QED) is 0.162. The van der Waals surface area contributed by atoms with Crippen LogP contribution in [0.3, 0.4) is 0 Å². The fourth-order valence-electron chi connectivity index (χ4n) is 12.4. The van der Waals surface area contributed by atoms with E-state index < -0.39 is 0 Å². The number of benzene rings is 9. The first kappa shape index (κ1) is 39.1. The summed E-state index contributed by atoms with van der Waals surface area (Å²) in [6.45, 7) is 2.41. The molecule has 0 aliphatic heterocycles. The molecule has 0 saturated carbocycles. The lowest BCUT2D eigenvalue weighted by Crippen LogP contribution is -2.25. The fourth-order valence-corrected chi connectivity index (χ4v) is 12.4. The molecule has 68 heavy (non-hydrogen) atoms. The van der Waals surface area contributed by atoms with E-state index in [1.54, 1.807) is 0 Å². The Kier molecular flexibility index (Phi) is 8.62. The van der Waals surface area contributed by atoms with E-state index in [0.717, 1.165) is 12.8 Å². The zero-order valence-electron chi connectivity index (χ0n) is 38.0. The molecule has 1 atom stereocenters. The maximum absolute atomic E-state index is 2.52. The molecular weight excluding hydrogens is 817 g/mol. The third-order valence-electron chi connectivity index (χ3n) is 15.8. The van der Waals surface area contributed by atoms with E-state index in [1.165, 1.54) is 128 Å². The number of fused-ring (bicyclic) bond motifs is 16. The molecule has 1 unspecified atom stereocenters. The van der Waals surface area contributed by atoms with Crippen LogP contribution in [0.4, 0.5) is 0 Å². The lowest BCUT2D eigenvalue weighted by atomic mass is 9.70. The summed E-state index contributed by atoms with van der Waals surface area (Å²) in [6.07, 6.45) is 14.2. The van der Waals surface area contributed by atoms with Crippen LogP contribution in [0, 0.1) is 5.92 Å². The van der Waals surface area contributed by atoms with E-state index in [1.807, 2.05) is 0 Å². The Morgan fingerprint density at radius 2 is 0.912 bits per heavy atom. The molecule has 0 N–H and O–H groups in total. The largest absolute Gasteiger partial charge is 0.0766 e. The van der Waals surface area contributed by atoms with Gasteiger partial charge in [0.2, 0.25) is 0 Å². The Hall–Kier alpha value is -8.06. The fraction of sp³-hybridized carbons (Fsp3) is 0.0735. The van der Waals surface area contributed by atoms with Crippen molar-refractivity contribution in [2.45, 2.75) is 30.6 Å². The van der Waals surface area contributed by atoms with Gasteiger partial charge in [0.25, 0.3) is 0 Å². The highest BCUT2D eigenvalue weighted by Gasteiger charge is 2.51. The molecule has 0 aromatic heterocycles. The molecule has 0 heteroatoms. The van der Waals surface area contributed by atoms with Crippen molar-refractivity contribution in [2.75, 3.05) is 0 Å². The van der Waals surface area contributed by atoms with Crippen LogP contribution in [-0.4, -0.2) is 0 Å². The Morgan fingerprint density at radius 3 is 1.63 bits per heavy atom. The minimum Gasteiger partial charge on any atom is -0.0766 e. The summed E-state index contributed by atoms with van der Waals surface area (Å²) in [6, 6.07) is 79.7. The van der Waals surface area contributed by atoms with E-state index in [4.69, 9.17) is 0 Å². The predicted molar refractivity (Wildman–Crippen MR) is 284 cm³/mol. The van der Waals surface area contributed by atoms with Gasteiger partial charge in [-0.15, -0.1) is 0 Å². The summed E-state index contributed by atoms with van der Waals surface area (Å²) in [5.41, 5.74) is 28.1. The van der Waals surface area contributed by atoms with Crippen LogP contribution >= 0.6 is 0 Å². The van der Waals surface area contributed by atoms with Crippen LogP contribution in [0.15, 0.2) is 243 Å². The molecule has 14 rings (SSSR count). The van der Waals surface area contributed by atoms with Crippen LogP contribution in [0.2, 0.25) is 0 Å².